The Hall–Kier alpha value is -0.120. The molecule has 0 aliphatic rings. The molecule has 0 bridgehead atoms. The van der Waals surface area contributed by atoms with Gasteiger partial charge in [0.05, 0.1) is 6.61 Å². The quantitative estimate of drug-likeness (QED) is 0.611. The minimum Gasteiger partial charge on any atom is -0.383 e. The average Bonchev–Trinajstić information content (AvgIpc) is 2.08. The molecule has 0 radical (unpaired) electrons. The molecular formula is C11H26N2O. The van der Waals surface area contributed by atoms with Gasteiger partial charge in [-0.25, -0.2) is 0 Å². The van der Waals surface area contributed by atoms with Crippen LogP contribution in [0.1, 0.15) is 27.2 Å². The van der Waals surface area contributed by atoms with Crippen LogP contribution in [0.15, 0.2) is 0 Å². The lowest BCUT2D eigenvalue weighted by Crippen LogP contribution is -2.32. The van der Waals surface area contributed by atoms with Crippen molar-refractivity contribution in [3.63, 3.8) is 0 Å². The monoisotopic (exact) mass is 202 g/mol. The number of hydrogen-bond acceptors (Lipinski definition) is 3. The van der Waals surface area contributed by atoms with Gasteiger partial charge in [0.1, 0.15) is 0 Å². The van der Waals surface area contributed by atoms with E-state index in [0.717, 1.165) is 26.2 Å². The molecule has 0 aromatic carbocycles. The van der Waals surface area contributed by atoms with Gasteiger partial charge in [-0.3, -0.25) is 0 Å². The highest BCUT2D eigenvalue weighted by molar-refractivity contribution is 4.71. The molecule has 0 heterocycles. The third-order valence-electron chi connectivity index (χ3n) is 2.15. The number of nitrogens with two attached hydrogens (primary N) is 1. The van der Waals surface area contributed by atoms with Crippen LogP contribution < -0.4 is 11.1 Å². The first kappa shape index (κ1) is 13.9. The molecule has 1 atom stereocenters. The van der Waals surface area contributed by atoms with Crippen LogP contribution in [0.25, 0.3) is 0 Å². The molecule has 0 aromatic rings. The molecule has 3 heteroatoms. The van der Waals surface area contributed by atoms with E-state index in [1.807, 2.05) is 0 Å². The zero-order valence-corrected chi connectivity index (χ0v) is 10.1. The maximum Gasteiger partial charge on any atom is 0.0587 e. The standard InChI is InChI=1S/C11H26N2O/c1-11(2,3)7-10(8-12)9-13-5-6-14-4/h10,13H,5-9,12H2,1-4H3. The molecule has 1 unspecified atom stereocenters. The van der Waals surface area contributed by atoms with Crippen LogP contribution in [0.3, 0.4) is 0 Å². The summed E-state index contributed by atoms with van der Waals surface area (Å²) in [4.78, 5) is 0. The second-order valence-electron chi connectivity index (χ2n) is 5.06. The first-order valence-corrected chi connectivity index (χ1v) is 5.39. The Bertz CT molecular complexity index is 132. The average molecular weight is 202 g/mol. The SMILES string of the molecule is COCCNCC(CN)CC(C)(C)C. The smallest absolute Gasteiger partial charge is 0.0587 e. The van der Waals surface area contributed by atoms with Crippen molar-refractivity contribution < 1.29 is 4.74 Å². The van der Waals surface area contributed by atoms with E-state index in [4.69, 9.17) is 10.5 Å². The lowest BCUT2D eigenvalue weighted by Gasteiger charge is -2.25. The predicted molar refractivity (Wildman–Crippen MR) is 61.4 cm³/mol. The summed E-state index contributed by atoms with van der Waals surface area (Å²) in [5, 5.41) is 3.35. The minimum atomic E-state index is 0.368. The Kier molecular flexibility index (Phi) is 7.15. The van der Waals surface area contributed by atoms with Gasteiger partial charge >= 0.3 is 0 Å². The summed E-state index contributed by atoms with van der Waals surface area (Å²) in [5.74, 6) is 0.576. The zero-order chi connectivity index (χ0) is 11.0. The lowest BCUT2D eigenvalue weighted by atomic mass is 9.84. The molecule has 0 spiro atoms. The first-order chi connectivity index (χ1) is 6.49. The van der Waals surface area contributed by atoms with E-state index in [0.29, 0.717) is 11.3 Å². The summed E-state index contributed by atoms with van der Waals surface area (Å²) in [7, 11) is 1.72. The summed E-state index contributed by atoms with van der Waals surface area (Å²) in [6, 6.07) is 0. The fraction of sp³-hybridized carbons (Fsp3) is 1.00. The highest BCUT2D eigenvalue weighted by Gasteiger charge is 2.16. The van der Waals surface area contributed by atoms with Crippen LogP contribution >= 0.6 is 0 Å². The normalized spacial score (nSPS) is 14.4. The molecule has 0 saturated carbocycles. The molecule has 0 fully saturated rings. The molecule has 0 aromatic heterocycles. The van der Waals surface area contributed by atoms with E-state index in [1.165, 1.54) is 6.42 Å². The topological polar surface area (TPSA) is 47.3 Å². The molecule has 3 N–H and O–H groups in total. The van der Waals surface area contributed by atoms with Crippen LogP contribution in [0.4, 0.5) is 0 Å². The van der Waals surface area contributed by atoms with Gasteiger partial charge in [0.15, 0.2) is 0 Å². The van der Waals surface area contributed by atoms with E-state index >= 15 is 0 Å². The number of methoxy groups -OCH3 is 1. The van der Waals surface area contributed by atoms with Gasteiger partial charge in [-0.2, -0.15) is 0 Å². The third kappa shape index (κ3) is 8.48. The van der Waals surface area contributed by atoms with Crippen LogP contribution in [-0.4, -0.2) is 33.4 Å². The summed E-state index contributed by atoms with van der Waals surface area (Å²) in [5.41, 5.74) is 6.09. The van der Waals surface area contributed by atoms with Crippen LogP contribution in [-0.2, 0) is 4.74 Å². The van der Waals surface area contributed by atoms with Gasteiger partial charge < -0.3 is 15.8 Å². The van der Waals surface area contributed by atoms with Gasteiger partial charge in [-0.05, 0) is 30.8 Å². The molecule has 0 rings (SSSR count). The Balaban J connectivity index is 3.58. The second kappa shape index (κ2) is 7.21. The van der Waals surface area contributed by atoms with E-state index in [-0.39, 0.29) is 0 Å². The van der Waals surface area contributed by atoms with Crippen LogP contribution in [0, 0.1) is 11.3 Å². The predicted octanol–water partition coefficient (Wildman–Crippen LogP) is 1.23. The summed E-state index contributed by atoms with van der Waals surface area (Å²) in [6.07, 6.45) is 1.17. The van der Waals surface area contributed by atoms with Gasteiger partial charge in [0, 0.05) is 13.7 Å². The molecule has 0 saturated heterocycles. The van der Waals surface area contributed by atoms with Crippen LogP contribution in [0.2, 0.25) is 0 Å². The van der Waals surface area contributed by atoms with Crippen LogP contribution in [0.5, 0.6) is 0 Å². The van der Waals surface area contributed by atoms with Gasteiger partial charge in [-0.1, -0.05) is 20.8 Å². The highest BCUT2D eigenvalue weighted by atomic mass is 16.5. The first-order valence-electron chi connectivity index (χ1n) is 5.39. The lowest BCUT2D eigenvalue weighted by molar-refractivity contribution is 0.195. The van der Waals surface area contributed by atoms with E-state index in [1.54, 1.807) is 7.11 Å². The molecule has 0 aliphatic carbocycles. The van der Waals surface area contributed by atoms with Gasteiger partial charge in [-0.15, -0.1) is 0 Å². The zero-order valence-electron chi connectivity index (χ0n) is 10.1. The molecular weight excluding hydrogens is 176 g/mol. The number of rotatable bonds is 7. The van der Waals surface area contributed by atoms with Crippen molar-refractivity contribution in [3.8, 4) is 0 Å². The Morgan fingerprint density at radius 2 is 2.00 bits per heavy atom. The van der Waals surface area contributed by atoms with Crippen molar-refractivity contribution in [1.82, 2.24) is 5.32 Å². The van der Waals surface area contributed by atoms with Crippen molar-refractivity contribution in [1.29, 1.82) is 0 Å². The number of hydrogen-bond donors (Lipinski definition) is 2. The van der Waals surface area contributed by atoms with E-state index < -0.39 is 0 Å². The number of nitrogens with one attached hydrogen (secondary N) is 1. The van der Waals surface area contributed by atoms with Crippen molar-refractivity contribution in [3.05, 3.63) is 0 Å². The van der Waals surface area contributed by atoms with Gasteiger partial charge in [0.2, 0.25) is 0 Å². The van der Waals surface area contributed by atoms with Crippen molar-refractivity contribution in [2.75, 3.05) is 33.4 Å². The van der Waals surface area contributed by atoms with E-state index in [2.05, 4.69) is 26.1 Å². The van der Waals surface area contributed by atoms with Crippen molar-refractivity contribution >= 4 is 0 Å². The summed E-state index contributed by atoms with van der Waals surface area (Å²) >= 11 is 0. The molecule has 0 aliphatic heterocycles. The fourth-order valence-corrected chi connectivity index (χ4v) is 1.59. The van der Waals surface area contributed by atoms with Gasteiger partial charge in [0.25, 0.3) is 0 Å². The summed E-state index contributed by atoms with van der Waals surface area (Å²) < 4.78 is 4.96. The molecule has 14 heavy (non-hydrogen) atoms. The largest absolute Gasteiger partial charge is 0.383 e. The molecule has 3 nitrogen and oxygen atoms in total. The Morgan fingerprint density at radius 1 is 1.36 bits per heavy atom. The maximum atomic E-state index is 5.72. The maximum absolute atomic E-state index is 5.72. The molecule has 0 amide bonds. The Labute approximate surface area is 88.4 Å². The van der Waals surface area contributed by atoms with Crippen molar-refractivity contribution in [2.24, 2.45) is 17.1 Å². The van der Waals surface area contributed by atoms with E-state index in [9.17, 15) is 0 Å². The highest BCUT2D eigenvalue weighted by Crippen LogP contribution is 2.23. The third-order valence-corrected chi connectivity index (χ3v) is 2.15. The number of ether oxygens (including phenoxy) is 1. The minimum absolute atomic E-state index is 0.368. The summed E-state index contributed by atoms with van der Waals surface area (Å²) in [6.45, 7) is 10.2. The Morgan fingerprint density at radius 3 is 2.43 bits per heavy atom. The fourth-order valence-electron chi connectivity index (χ4n) is 1.59. The molecule has 86 valence electrons. The van der Waals surface area contributed by atoms with Crippen molar-refractivity contribution in [2.45, 2.75) is 27.2 Å². The second-order valence-corrected chi connectivity index (χ2v) is 5.06.